The van der Waals surface area contributed by atoms with Gasteiger partial charge in [-0.1, -0.05) is 12.1 Å². The van der Waals surface area contributed by atoms with Gasteiger partial charge < -0.3 is 4.74 Å². The van der Waals surface area contributed by atoms with Crippen molar-refractivity contribution in [3.05, 3.63) is 40.9 Å². The number of thiazole rings is 1. The summed E-state index contributed by atoms with van der Waals surface area (Å²) in [6.07, 6.45) is -4.41. The summed E-state index contributed by atoms with van der Waals surface area (Å²) in [5, 5.41) is 1.81. The number of alkyl halides is 3. The first kappa shape index (κ1) is 14.5. The topological polar surface area (TPSA) is 39.2 Å². The van der Waals surface area contributed by atoms with Crippen molar-refractivity contribution in [2.45, 2.75) is 13.1 Å². The molecule has 0 atom stereocenters. The predicted octanol–water partition coefficient (Wildman–Crippen LogP) is 4.01. The number of nitrogens with zero attached hydrogens (tertiary/aromatic N) is 1. The van der Waals surface area contributed by atoms with Crippen molar-refractivity contribution in [1.82, 2.24) is 4.98 Å². The van der Waals surface area contributed by atoms with Crippen LogP contribution in [0.2, 0.25) is 0 Å². The van der Waals surface area contributed by atoms with Crippen LogP contribution < -0.4 is 0 Å². The van der Waals surface area contributed by atoms with Gasteiger partial charge in [0.2, 0.25) is 0 Å². The Morgan fingerprint density at radius 2 is 2.15 bits per heavy atom. The second kappa shape index (κ2) is 5.62. The van der Waals surface area contributed by atoms with Gasteiger partial charge in [0, 0.05) is 10.9 Å². The number of esters is 1. The lowest BCUT2D eigenvalue weighted by atomic mass is 10.1. The zero-order valence-electron chi connectivity index (χ0n) is 10.4. The van der Waals surface area contributed by atoms with Crippen molar-refractivity contribution in [1.29, 1.82) is 0 Å². The van der Waals surface area contributed by atoms with Crippen molar-refractivity contribution < 1.29 is 22.7 Å². The lowest BCUT2D eigenvalue weighted by Crippen LogP contribution is -2.05. The number of carbonyl (C=O) groups excluding carboxylic acids is 1. The highest BCUT2D eigenvalue weighted by Gasteiger charge is 2.30. The average Bonchev–Trinajstić information content (AvgIpc) is 2.88. The Labute approximate surface area is 117 Å². The highest BCUT2D eigenvalue weighted by Crippen LogP contribution is 2.33. The summed E-state index contributed by atoms with van der Waals surface area (Å²) in [6.45, 7) is 1.88. The Morgan fingerprint density at radius 3 is 2.80 bits per heavy atom. The van der Waals surface area contributed by atoms with E-state index in [1.807, 2.05) is 0 Å². The van der Waals surface area contributed by atoms with Gasteiger partial charge in [0.15, 0.2) is 5.69 Å². The summed E-state index contributed by atoms with van der Waals surface area (Å²) in [5.41, 5.74) is -0.326. The van der Waals surface area contributed by atoms with E-state index in [0.29, 0.717) is 10.6 Å². The van der Waals surface area contributed by atoms with E-state index < -0.39 is 17.7 Å². The van der Waals surface area contributed by atoms with Crippen LogP contribution in [0.4, 0.5) is 13.2 Å². The molecule has 1 aromatic heterocycles. The third-order valence-corrected chi connectivity index (χ3v) is 3.32. The van der Waals surface area contributed by atoms with Gasteiger partial charge in [-0.3, -0.25) is 0 Å². The summed E-state index contributed by atoms with van der Waals surface area (Å²) in [6, 6.07) is 4.82. The molecular weight excluding hydrogens is 291 g/mol. The third kappa shape index (κ3) is 3.16. The molecule has 0 aliphatic carbocycles. The summed E-state index contributed by atoms with van der Waals surface area (Å²) in [7, 11) is 0. The smallest absolute Gasteiger partial charge is 0.416 e. The molecule has 2 aromatic rings. The second-order valence-corrected chi connectivity index (χ2v) is 4.70. The van der Waals surface area contributed by atoms with Gasteiger partial charge in [-0.2, -0.15) is 13.2 Å². The quantitative estimate of drug-likeness (QED) is 0.804. The maximum Gasteiger partial charge on any atom is 0.416 e. The normalized spacial score (nSPS) is 11.4. The van der Waals surface area contributed by atoms with E-state index in [1.54, 1.807) is 6.92 Å². The Balaban J connectivity index is 2.31. The van der Waals surface area contributed by atoms with Gasteiger partial charge in [0.25, 0.3) is 0 Å². The largest absolute Gasteiger partial charge is 0.461 e. The van der Waals surface area contributed by atoms with Gasteiger partial charge in [-0.05, 0) is 19.1 Å². The summed E-state index contributed by atoms with van der Waals surface area (Å²) < 4.78 is 42.7. The molecule has 0 saturated carbocycles. The highest BCUT2D eigenvalue weighted by molar-refractivity contribution is 7.13. The Hall–Kier alpha value is -1.89. The molecule has 0 fully saturated rings. The van der Waals surface area contributed by atoms with E-state index in [1.165, 1.54) is 17.5 Å². The van der Waals surface area contributed by atoms with E-state index >= 15 is 0 Å². The molecule has 7 heteroatoms. The van der Waals surface area contributed by atoms with Crippen molar-refractivity contribution in [2.24, 2.45) is 0 Å². The van der Waals surface area contributed by atoms with E-state index in [9.17, 15) is 18.0 Å². The van der Waals surface area contributed by atoms with Crippen LogP contribution in [0.25, 0.3) is 10.6 Å². The summed E-state index contributed by atoms with van der Waals surface area (Å²) in [4.78, 5) is 15.5. The minimum atomic E-state index is -4.41. The molecule has 20 heavy (non-hydrogen) atoms. The second-order valence-electron chi connectivity index (χ2n) is 3.84. The van der Waals surface area contributed by atoms with E-state index in [0.717, 1.165) is 23.5 Å². The van der Waals surface area contributed by atoms with Crippen LogP contribution in [-0.2, 0) is 10.9 Å². The molecule has 0 amide bonds. The van der Waals surface area contributed by atoms with Gasteiger partial charge >= 0.3 is 12.1 Å². The molecular formula is C13H10F3NO2S. The van der Waals surface area contributed by atoms with Crippen LogP contribution in [0.1, 0.15) is 23.0 Å². The Morgan fingerprint density at radius 1 is 1.40 bits per heavy atom. The zero-order chi connectivity index (χ0) is 14.8. The summed E-state index contributed by atoms with van der Waals surface area (Å²) >= 11 is 1.10. The number of aromatic nitrogens is 1. The molecule has 0 aliphatic heterocycles. The van der Waals surface area contributed by atoms with Crippen molar-refractivity contribution in [3.8, 4) is 10.6 Å². The molecule has 0 N–H and O–H groups in total. The zero-order valence-corrected chi connectivity index (χ0v) is 11.2. The number of hydrogen-bond acceptors (Lipinski definition) is 4. The predicted molar refractivity (Wildman–Crippen MR) is 68.5 cm³/mol. The number of halogens is 3. The van der Waals surface area contributed by atoms with Crippen molar-refractivity contribution in [2.75, 3.05) is 6.61 Å². The molecule has 1 heterocycles. The molecule has 0 spiro atoms. The number of benzene rings is 1. The SMILES string of the molecule is CCOC(=O)c1csc(-c2cccc(C(F)(F)F)c2)n1. The molecule has 2 rings (SSSR count). The first-order valence-electron chi connectivity index (χ1n) is 5.72. The van der Waals surface area contributed by atoms with Crippen LogP contribution in [0.3, 0.4) is 0 Å². The standard InChI is InChI=1S/C13H10F3NO2S/c1-2-19-12(18)10-7-20-11(17-10)8-4-3-5-9(6-8)13(14,15)16/h3-7H,2H2,1H3. The highest BCUT2D eigenvalue weighted by atomic mass is 32.1. The van der Waals surface area contributed by atoms with Crippen LogP contribution in [0.15, 0.2) is 29.6 Å². The van der Waals surface area contributed by atoms with Gasteiger partial charge in [-0.15, -0.1) is 11.3 Å². The van der Waals surface area contributed by atoms with E-state index in [4.69, 9.17) is 4.74 Å². The average molecular weight is 301 g/mol. The molecule has 0 radical (unpaired) electrons. The maximum absolute atomic E-state index is 12.6. The lowest BCUT2D eigenvalue weighted by molar-refractivity contribution is -0.137. The number of ether oxygens (including phenoxy) is 1. The minimum absolute atomic E-state index is 0.101. The lowest BCUT2D eigenvalue weighted by Gasteiger charge is -2.07. The molecule has 0 bridgehead atoms. The monoisotopic (exact) mass is 301 g/mol. The first-order valence-corrected chi connectivity index (χ1v) is 6.60. The maximum atomic E-state index is 12.6. The molecule has 1 aromatic carbocycles. The fourth-order valence-corrected chi connectivity index (χ4v) is 2.32. The summed E-state index contributed by atoms with van der Waals surface area (Å²) in [5.74, 6) is -0.582. The fourth-order valence-electron chi connectivity index (χ4n) is 1.53. The third-order valence-electron chi connectivity index (χ3n) is 2.43. The molecule has 106 valence electrons. The number of rotatable bonds is 3. The van der Waals surface area contributed by atoms with Gasteiger partial charge in [-0.25, -0.2) is 9.78 Å². The number of hydrogen-bond donors (Lipinski definition) is 0. The van der Waals surface area contributed by atoms with Crippen LogP contribution in [-0.4, -0.2) is 17.6 Å². The van der Waals surface area contributed by atoms with Crippen LogP contribution in [0, 0.1) is 0 Å². The van der Waals surface area contributed by atoms with Crippen molar-refractivity contribution in [3.63, 3.8) is 0 Å². The van der Waals surface area contributed by atoms with Gasteiger partial charge in [0.05, 0.1) is 12.2 Å². The van der Waals surface area contributed by atoms with E-state index in [-0.39, 0.29) is 12.3 Å². The van der Waals surface area contributed by atoms with Crippen LogP contribution >= 0.6 is 11.3 Å². The Bertz CT molecular complexity index is 622. The molecule has 0 aliphatic rings. The molecule has 3 nitrogen and oxygen atoms in total. The van der Waals surface area contributed by atoms with E-state index in [2.05, 4.69) is 4.98 Å². The van der Waals surface area contributed by atoms with Crippen molar-refractivity contribution >= 4 is 17.3 Å². The Kier molecular flexibility index (Phi) is 4.08. The number of carbonyl (C=O) groups is 1. The minimum Gasteiger partial charge on any atom is -0.461 e. The fraction of sp³-hybridized carbons (Fsp3) is 0.231. The van der Waals surface area contributed by atoms with Crippen LogP contribution in [0.5, 0.6) is 0 Å². The molecule has 0 unspecified atom stereocenters. The molecule has 0 saturated heterocycles. The van der Waals surface area contributed by atoms with Gasteiger partial charge in [0.1, 0.15) is 5.01 Å². The first-order chi connectivity index (χ1) is 9.41.